The van der Waals surface area contributed by atoms with Gasteiger partial charge in [-0.2, -0.15) is 9.37 Å². The van der Waals surface area contributed by atoms with Gasteiger partial charge in [-0.15, -0.1) is 0 Å². The van der Waals surface area contributed by atoms with Crippen LogP contribution in [0, 0.1) is 11.6 Å². The summed E-state index contributed by atoms with van der Waals surface area (Å²) in [4.78, 5) is 7.74. The highest BCUT2D eigenvalue weighted by atomic mass is 19.1. The maximum absolute atomic E-state index is 13.8. The summed E-state index contributed by atoms with van der Waals surface area (Å²) in [5, 5.41) is 0. The van der Waals surface area contributed by atoms with Crippen LogP contribution >= 0.6 is 0 Å². The van der Waals surface area contributed by atoms with Crippen molar-refractivity contribution in [1.82, 2.24) is 9.97 Å². The van der Waals surface area contributed by atoms with Crippen molar-refractivity contribution >= 4 is 0 Å². The van der Waals surface area contributed by atoms with Gasteiger partial charge >= 0.3 is 6.01 Å². The van der Waals surface area contributed by atoms with E-state index < -0.39 is 5.82 Å². The lowest BCUT2D eigenvalue weighted by Crippen LogP contribution is -2.07. The van der Waals surface area contributed by atoms with Crippen molar-refractivity contribution < 1.29 is 18.3 Å². The van der Waals surface area contributed by atoms with E-state index in [9.17, 15) is 8.78 Å². The average Bonchev–Trinajstić information content (AvgIpc) is 2.64. The molecule has 4 nitrogen and oxygen atoms in total. The molecule has 0 bridgehead atoms. The summed E-state index contributed by atoms with van der Waals surface area (Å²) in [7, 11) is 0. The molecule has 0 N–H and O–H groups in total. The summed E-state index contributed by atoms with van der Waals surface area (Å²) in [6.07, 6.45) is 1.52. The van der Waals surface area contributed by atoms with Crippen LogP contribution in [0.1, 0.15) is 11.1 Å². The molecule has 0 unspecified atom stereocenters. The summed E-state index contributed by atoms with van der Waals surface area (Å²) in [6, 6.07) is 15.6. The van der Waals surface area contributed by atoms with Crippen molar-refractivity contribution in [1.29, 1.82) is 0 Å². The second-order valence-corrected chi connectivity index (χ2v) is 5.30. The summed E-state index contributed by atoms with van der Waals surface area (Å²) >= 11 is 0. The first-order valence-electron chi connectivity index (χ1n) is 7.77. The van der Waals surface area contributed by atoms with Crippen molar-refractivity contribution in [3.05, 3.63) is 83.6 Å². The number of nitrogens with zero attached hydrogens (tertiary/aromatic N) is 2. The molecule has 0 saturated heterocycles. The predicted molar refractivity (Wildman–Crippen MR) is 88.4 cm³/mol. The lowest BCUT2D eigenvalue weighted by Gasteiger charge is -2.08. The third-order valence-electron chi connectivity index (χ3n) is 3.44. The van der Waals surface area contributed by atoms with Crippen molar-refractivity contribution in [2.24, 2.45) is 0 Å². The number of rotatable bonds is 7. The fraction of sp³-hybridized carbons (Fsp3) is 0.158. The third-order valence-corrected chi connectivity index (χ3v) is 3.44. The Morgan fingerprint density at radius 3 is 2.36 bits per heavy atom. The molecule has 3 rings (SSSR count). The minimum atomic E-state index is -0.661. The Bertz CT molecular complexity index is 811. The first-order chi connectivity index (χ1) is 12.2. The van der Waals surface area contributed by atoms with Gasteiger partial charge in [0, 0.05) is 6.42 Å². The minimum Gasteiger partial charge on any atom is -0.475 e. The molecule has 1 aromatic heterocycles. The molecule has 0 spiro atoms. The molecular weight excluding hydrogens is 326 g/mol. The van der Waals surface area contributed by atoms with Crippen LogP contribution in [0.3, 0.4) is 0 Å². The molecule has 0 aliphatic carbocycles. The van der Waals surface area contributed by atoms with Crippen LogP contribution < -0.4 is 9.47 Å². The lowest BCUT2D eigenvalue weighted by molar-refractivity contribution is 0.254. The Balaban J connectivity index is 1.56. The maximum atomic E-state index is 13.8. The van der Waals surface area contributed by atoms with Crippen molar-refractivity contribution in [3.63, 3.8) is 0 Å². The second-order valence-electron chi connectivity index (χ2n) is 5.30. The van der Waals surface area contributed by atoms with Gasteiger partial charge < -0.3 is 9.47 Å². The van der Waals surface area contributed by atoms with Crippen molar-refractivity contribution in [2.45, 2.75) is 13.0 Å². The molecule has 0 fully saturated rings. The number of hydrogen-bond donors (Lipinski definition) is 0. The van der Waals surface area contributed by atoms with E-state index in [0.29, 0.717) is 6.42 Å². The number of ether oxygens (including phenoxy) is 2. The molecule has 3 aromatic rings. The van der Waals surface area contributed by atoms with E-state index in [1.165, 1.54) is 12.1 Å². The molecule has 128 valence electrons. The van der Waals surface area contributed by atoms with E-state index in [1.807, 2.05) is 30.3 Å². The standard InChI is InChI=1S/C19H16F2N2O2/c20-16-8-6-14(7-9-16)10-11-24-18-17(21)12-22-19(23-18)25-13-15-4-2-1-3-5-15/h1-9,12H,10-11,13H2. The van der Waals surface area contributed by atoms with E-state index in [0.717, 1.165) is 17.3 Å². The van der Waals surface area contributed by atoms with Crippen LogP contribution in [0.25, 0.3) is 0 Å². The molecular formula is C19H16F2N2O2. The van der Waals surface area contributed by atoms with Gasteiger partial charge in [0.15, 0.2) is 0 Å². The zero-order chi connectivity index (χ0) is 17.5. The highest BCUT2D eigenvalue weighted by Crippen LogP contribution is 2.17. The van der Waals surface area contributed by atoms with Gasteiger partial charge in [-0.05, 0) is 23.3 Å². The molecule has 25 heavy (non-hydrogen) atoms. The van der Waals surface area contributed by atoms with Gasteiger partial charge in [-0.3, -0.25) is 0 Å². The fourth-order valence-electron chi connectivity index (χ4n) is 2.15. The number of halogens is 2. The fourth-order valence-corrected chi connectivity index (χ4v) is 2.15. The van der Waals surface area contributed by atoms with Crippen LogP contribution in [0.4, 0.5) is 8.78 Å². The summed E-state index contributed by atoms with van der Waals surface area (Å²) in [5.74, 6) is -1.13. The van der Waals surface area contributed by atoms with Crippen molar-refractivity contribution in [3.8, 4) is 11.9 Å². The zero-order valence-corrected chi connectivity index (χ0v) is 13.4. The Hall–Kier alpha value is -3.02. The number of benzene rings is 2. The molecule has 0 atom stereocenters. The van der Waals surface area contributed by atoms with Gasteiger partial charge in [0.2, 0.25) is 5.82 Å². The molecule has 0 aliphatic heterocycles. The van der Waals surface area contributed by atoms with Crippen LogP contribution in [0.15, 0.2) is 60.8 Å². The Labute approximate surface area is 144 Å². The normalized spacial score (nSPS) is 10.5. The first kappa shape index (κ1) is 16.8. The quantitative estimate of drug-likeness (QED) is 0.652. The van der Waals surface area contributed by atoms with Gasteiger partial charge in [-0.1, -0.05) is 42.5 Å². The van der Waals surface area contributed by atoms with E-state index in [1.54, 1.807) is 12.1 Å². The van der Waals surface area contributed by atoms with Gasteiger partial charge in [0.1, 0.15) is 12.4 Å². The van der Waals surface area contributed by atoms with Gasteiger partial charge in [-0.25, -0.2) is 9.37 Å². The molecule has 0 amide bonds. The van der Waals surface area contributed by atoms with E-state index in [-0.39, 0.29) is 30.9 Å². The molecule has 0 aliphatic rings. The maximum Gasteiger partial charge on any atom is 0.320 e. The van der Waals surface area contributed by atoms with E-state index >= 15 is 0 Å². The molecule has 6 heteroatoms. The van der Waals surface area contributed by atoms with Crippen LogP contribution in [-0.4, -0.2) is 16.6 Å². The molecule has 1 heterocycles. The topological polar surface area (TPSA) is 44.2 Å². The Morgan fingerprint density at radius 1 is 0.840 bits per heavy atom. The summed E-state index contributed by atoms with van der Waals surface area (Å²) in [5.41, 5.74) is 1.84. The van der Waals surface area contributed by atoms with Gasteiger partial charge in [0.25, 0.3) is 5.88 Å². The third kappa shape index (κ3) is 4.97. The van der Waals surface area contributed by atoms with Crippen molar-refractivity contribution in [2.75, 3.05) is 6.61 Å². The molecule has 0 saturated carbocycles. The highest BCUT2D eigenvalue weighted by molar-refractivity contribution is 5.18. The largest absolute Gasteiger partial charge is 0.475 e. The van der Waals surface area contributed by atoms with Gasteiger partial charge in [0.05, 0.1) is 12.8 Å². The second kappa shape index (κ2) is 8.19. The summed E-state index contributed by atoms with van der Waals surface area (Å²) in [6.45, 7) is 0.485. The minimum absolute atomic E-state index is 0.0436. The Kier molecular flexibility index (Phi) is 5.51. The average molecular weight is 342 g/mol. The molecule has 2 aromatic carbocycles. The zero-order valence-electron chi connectivity index (χ0n) is 13.4. The van der Waals surface area contributed by atoms with E-state index in [2.05, 4.69) is 9.97 Å². The predicted octanol–water partition coefficient (Wildman–Crippen LogP) is 3.96. The SMILES string of the molecule is Fc1ccc(CCOc2nc(OCc3ccccc3)ncc2F)cc1. The lowest BCUT2D eigenvalue weighted by atomic mass is 10.2. The first-order valence-corrected chi connectivity index (χ1v) is 7.77. The number of hydrogen-bond acceptors (Lipinski definition) is 4. The smallest absolute Gasteiger partial charge is 0.320 e. The Morgan fingerprint density at radius 2 is 1.60 bits per heavy atom. The summed E-state index contributed by atoms with van der Waals surface area (Å²) < 4.78 is 37.4. The van der Waals surface area contributed by atoms with E-state index in [4.69, 9.17) is 9.47 Å². The van der Waals surface area contributed by atoms with Crippen LogP contribution in [0.2, 0.25) is 0 Å². The molecule has 0 radical (unpaired) electrons. The monoisotopic (exact) mass is 342 g/mol. The number of aromatic nitrogens is 2. The highest BCUT2D eigenvalue weighted by Gasteiger charge is 2.09. The van der Waals surface area contributed by atoms with Crippen LogP contribution in [0.5, 0.6) is 11.9 Å². The van der Waals surface area contributed by atoms with Crippen LogP contribution in [-0.2, 0) is 13.0 Å².